The van der Waals surface area contributed by atoms with Gasteiger partial charge in [0, 0.05) is 17.7 Å². The SMILES string of the molecule is C[C@H]1O[C@@H](Oc2cc(O)c3c(=O)c(OC4O[C@@H](CO)[C@H](O)[C@H](O)[C@@H]4O)c(-c4ccc(O)cc4)oc3c2)[C@H](O)[C@H](O)[C@@H]1O. The third-order valence-electron chi connectivity index (χ3n) is 7.18. The molecule has 2 aliphatic rings. The quantitative estimate of drug-likeness (QED) is 0.154. The van der Waals surface area contributed by atoms with Crippen LogP contribution in [0, 0.1) is 0 Å². The summed E-state index contributed by atoms with van der Waals surface area (Å²) in [4.78, 5) is 13.7. The molecular weight excluding hydrogens is 564 g/mol. The van der Waals surface area contributed by atoms with Crippen molar-refractivity contribution in [1.82, 2.24) is 0 Å². The van der Waals surface area contributed by atoms with Crippen molar-refractivity contribution in [2.75, 3.05) is 6.61 Å². The fourth-order valence-electron chi connectivity index (χ4n) is 4.76. The van der Waals surface area contributed by atoms with Crippen molar-refractivity contribution >= 4 is 11.0 Å². The van der Waals surface area contributed by atoms with Crippen molar-refractivity contribution in [2.45, 2.75) is 68.3 Å². The number of hydrogen-bond donors (Lipinski definition) is 9. The first-order valence-corrected chi connectivity index (χ1v) is 12.9. The third-order valence-corrected chi connectivity index (χ3v) is 7.18. The van der Waals surface area contributed by atoms with Crippen LogP contribution in [-0.4, -0.2) is 114 Å². The van der Waals surface area contributed by atoms with E-state index in [2.05, 4.69) is 0 Å². The first kappa shape index (κ1) is 30.0. The normalized spacial score (nSPS) is 33.4. The summed E-state index contributed by atoms with van der Waals surface area (Å²) in [6, 6.07) is 7.53. The van der Waals surface area contributed by atoms with E-state index < -0.39 is 90.3 Å². The summed E-state index contributed by atoms with van der Waals surface area (Å²) in [7, 11) is 0. The van der Waals surface area contributed by atoms with Gasteiger partial charge in [-0.15, -0.1) is 0 Å². The number of ether oxygens (including phenoxy) is 4. The van der Waals surface area contributed by atoms with Crippen molar-refractivity contribution in [3.05, 3.63) is 46.6 Å². The molecule has 2 saturated heterocycles. The molecule has 0 spiro atoms. The molecule has 0 radical (unpaired) electrons. The Morgan fingerprint density at radius 1 is 0.786 bits per heavy atom. The van der Waals surface area contributed by atoms with E-state index in [-0.39, 0.29) is 28.4 Å². The largest absolute Gasteiger partial charge is 0.508 e. The summed E-state index contributed by atoms with van der Waals surface area (Å²) < 4.78 is 28.0. The van der Waals surface area contributed by atoms with Crippen LogP contribution in [0.25, 0.3) is 22.3 Å². The highest BCUT2D eigenvalue weighted by Gasteiger charge is 2.46. The fourth-order valence-corrected chi connectivity index (χ4v) is 4.76. The first-order chi connectivity index (χ1) is 19.9. The Morgan fingerprint density at radius 3 is 2.05 bits per heavy atom. The van der Waals surface area contributed by atoms with Crippen LogP contribution in [0.5, 0.6) is 23.0 Å². The van der Waals surface area contributed by atoms with Crippen LogP contribution < -0.4 is 14.9 Å². The van der Waals surface area contributed by atoms with Gasteiger partial charge in [0.25, 0.3) is 0 Å². The Hall–Kier alpha value is -3.51. The maximum absolute atomic E-state index is 13.7. The summed E-state index contributed by atoms with van der Waals surface area (Å²) in [5.41, 5.74) is -1.01. The summed E-state index contributed by atoms with van der Waals surface area (Å²) in [5, 5.41) is 90.7. The molecule has 3 aromatic rings. The average Bonchev–Trinajstić information content (AvgIpc) is 2.96. The number of aromatic hydroxyl groups is 2. The van der Waals surface area contributed by atoms with Crippen LogP contribution in [0.4, 0.5) is 0 Å². The van der Waals surface area contributed by atoms with Gasteiger partial charge in [0.2, 0.25) is 23.8 Å². The summed E-state index contributed by atoms with van der Waals surface area (Å²) >= 11 is 0. The Bertz CT molecular complexity index is 1470. The lowest BCUT2D eigenvalue weighted by Crippen LogP contribution is -2.60. The molecule has 5 rings (SSSR count). The number of rotatable bonds is 6. The maximum atomic E-state index is 13.7. The predicted octanol–water partition coefficient (Wildman–Crippen LogP) is -1.74. The molecular formula is C27H30O15. The second kappa shape index (κ2) is 11.6. The molecule has 0 amide bonds. The molecule has 228 valence electrons. The number of fused-ring (bicyclic) bond motifs is 1. The molecule has 15 heteroatoms. The summed E-state index contributed by atoms with van der Waals surface area (Å²) in [6.07, 6.45) is -15.5. The van der Waals surface area contributed by atoms with Crippen molar-refractivity contribution in [3.8, 4) is 34.3 Å². The van der Waals surface area contributed by atoms with Crippen molar-refractivity contribution in [1.29, 1.82) is 0 Å². The van der Waals surface area contributed by atoms with E-state index in [1.54, 1.807) is 0 Å². The van der Waals surface area contributed by atoms with Gasteiger partial charge in [-0.1, -0.05) is 0 Å². The zero-order valence-electron chi connectivity index (χ0n) is 21.9. The van der Waals surface area contributed by atoms with Gasteiger partial charge in [-0.05, 0) is 31.2 Å². The Labute approximate surface area is 236 Å². The van der Waals surface area contributed by atoms with Gasteiger partial charge in [-0.2, -0.15) is 0 Å². The van der Waals surface area contributed by atoms with Crippen LogP contribution in [-0.2, 0) is 9.47 Å². The predicted molar refractivity (Wildman–Crippen MR) is 139 cm³/mol. The lowest BCUT2D eigenvalue weighted by Gasteiger charge is -2.39. The summed E-state index contributed by atoms with van der Waals surface area (Å²) in [6.45, 7) is 0.702. The second-order valence-electron chi connectivity index (χ2n) is 10.1. The zero-order chi connectivity index (χ0) is 30.5. The molecule has 42 heavy (non-hydrogen) atoms. The van der Waals surface area contributed by atoms with Gasteiger partial charge in [0.15, 0.2) is 5.76 Å². The molecule has 0 bridgehead atoms. The highest BCUT2D eigenvalue weighted by Crippen LogP contribution is 2.38. The van der Waals surface area contributed by atoms with E-state index in [0.717, 1.165) is 6.07 Å². The molecule has 15 nitrogen and oxygen atoms in total. The molecule has 0 aliphatic carbocycles. The summed E-state index contributed by atoms with van der Waals surface area (Å²) in [5.74, 6) is -1.77. The number of benzene rings is 2. The van der Waals surface area contributed by atoms with Crippen LogP contribution >= 0.6 is 0 Å². The fraction of sp³-hybridized carbons (Fsp3) is 0.444. The van der Waals surface area contributed by atoms with E-state index in [9.17, 15) is 50.8 Å². The van der Waals surface area contributed by atoms with Crippen LogP contribution in [0.15, 0.2) is 45.6 Å². The monoisotopic (exact) mass is 594 g/mol. The van der Waals surface area contributed by atoms with Crippen molar-refractivity contribution < 1.29 is 69.3 Å². The van der Waals surface area contributed by atoms with Crippen LogP contribution in [0.1, 0.15) is 6.92 Å². The van der Waals surface area contributed by atoms with E-state index in [4.69, 9.17) is 23.4 Å². The van der Waals surface area contributed by atoms with Crippen LogP contribution in [0.3, 0.4) is 0 Å². The molecule has 1 unspecified atom stereocenters. The van der Waals surface area contributed by atoms with E-state index in [0.29, 0.717) is 0 Å². The number of aliphatic hydroxyl groups excluding tert-OH is 7. The lowest BCUT2D eigenvalue weighted by atomic mass is 9.99. The molecule has 0 saturated carbocycles. The molecule has 3 heterocycles. The smallest absolute Gasteiger partial charge is 0.239 e. The van der Waals surface area contributed by atoms with E-state index in [1.807, 2.05) is 0 Å². The zero-order valence-corrected chi connectivity index (χ0v) is 21.9. The molecule has 2 aliphatic heterocycles. The minimum Gasteiger partial charge on any atom is -0.508 e. The average molecular weight is 595 g/mol. The Balaban J connectivity index is 1.58. The number of phenols is 2. The first-order valence-electron chi connectivity index (χ1n) is 12.9. The molecule has 2 fully saturated rings. The van der Waals surface area contributed by atoms with Gasteiger partial charge in [0.05, 0.1) is 12.7 Å². The number of phenolic OH excluding ortho intramolecular Hbond substituents is 2. The Morgan fingerprint density at radius 2 is 1.40 bits per heavy atom. The standard InChI is InChI=1S/C27H30O15/c1-9-17(31)20(34)22(36)26(38-9)39-12-6-13(30)16-14(7-12)40-24(10-2-4-11(29)5-3-10)25(19(16)33)42-27-23(37)21(35)18(32)15(8-28)41-27/h2-7,9,15,17-18,20-23,26-32,34-37H,8H2,1H3/t9-,15+,17-,18+,20-,21+,22-,23+,26+,27?/m1/s1. The van der Waals surface area contributed by atoms with Gasteiger partial charge >= 0.3 is 0 Å². The van der Waals surface area contributed by atoms with Crippen LogP contribution in [0.2, 0.25) is 0 Å². The van der Waals surface area contributed by atoms with E-state index >= 15 is 0 Å². The molecule has 2 aromatic carbocycles. The third kappa shape index (κ3) is 5.37. The van der Waals surface area contributed by atoms with Gasteiger partial charge in [-0.3, -0.25) is 4.79 Å². The minimum absolute atomic E-state index is 0.112. The van der Waals surface area contributed by atoms with Gasteiger partial charge in [-0.25, -0.2) is 0 Å². The van der Waals surface area contributed by atoms with Gasteiger partial charge in [0.1, 0.15) is 70.9 Å². The Kier molecular flexibility index (Phi) is 8.30. The van der Waals surface area contributed by atoms with E-state index in [1.165, 1.54) is 37.3 Å². The maximum Gasteiger partial charge on any atom is 0.239 e. The highest BCUT2D eigenvalue weighted by atomic mass is 16.7. The topological polar surface area (TPSA) is 249 Å². The number of hydrogen-bond acceptors (Lipinski definition) is 15. The molecule has 10 atom stereocenters. The molecule has 1 aromatic heterocycles. The van der Waals surface area contributed by atoms with Crippen molar-refractivity contribution in [3.63, 3.8) is 0 Å². The highest BCUT2D eigenvalue weighted by molar-refractivity contribution is 5.88. The van der Waals surface area contributed by atoms with Gasteiger partial charge < -0.3 is 69.3 Å². The van der Waals surface area contributed by atoms with Crippen molar-refractivity contribution in [2.24, 2.45) is 0 Å². The molecule has 9 N–H and O–H groups in total. The lowest BCUT2D eigenvalue weighted by molar-refractivity contribution is -0.277. The number of aliphatic hydroxyl groups is 7. The minimum atomic E-state index is -1.87. The second-order valence-corrected chi connectivity index (χ2v) is 10.1.